The molecule has 1 rings (SSSR count). The van der Waals surface area contributed by atoms with E-state index in [-0.39, 0.29) is 5.69 Å². The van der Waals surface area contributed by atoms with Crippen molar-refractivity contribution in [3.05, 3.63) is 36.4 Å². The van der Waals surface area contributed by atoms with Gasteiger partial charge in [0.25, 0.3) is 0 Å². The third-order valence-electron chi connectivity index (χ3n) is 2.89. The summed E-state index contributed by atoms with van der Waals surface area (Å²) in [6.07, 6.45) is 6.93. The second-order valence-corrected chi connectivity index (χ2v) is 9.15. The van der Waals surface area contributed by atoms with Gasteiger partial charge in [0.1, 0.15) is 0 Å². The standard InChI is InChI=1S/C15H20N2O4S2/c1-6-10-16(3)12-13(2)14-8-7-9-15(11-14)17(22(4,18)19)23(5,20)21/h1,7-9,11H,2,10,12H2,3-5H3. The molecule has 0 unspecified atom stereocenters. The maximum atomic E-state index is 11.8. The Morgan fingerprint density at radius 1 is 1.22 bits per heavy atom. The van der Waals surface area contributed by atoms with Crippen LogP contribution in [0.15, 0.2) is 30.8 Å². The zero-order chi connectivity index (χ0) is 17.8. The van der Waals surface area contributed by atoms with E-state index in [4.69, 9.17) is 6.42 Å². The van der Waals surface area contributed by atoms with Gasteiger partial charge in [0.2, 0.25) is 20.0 Å². The van der Waals surface area contributed by atoms with E-state index in [1.165, 1.54) is 12.1 Å². The van der Waals surface area contributed by atoms with Gasteiger partial charge in [-0.2, -0.15) is 3.71 Å². The summed E-state index contributed by atoms with van der Waals surface area (Å²) in [6.45, 7) is 4.86. The predicted molar refractivity (Wildman–Crippen MR) is 94.0 cm³/mol. The Kier molecular flexibility index (Phi) is 5.99. The molecule has 0 saturated heterocycles. The fraction of sp³-hybridized carbons (Fsp3) is 0.333. The predicted octanol–water partition coefficient (Wildman–Crippen LogP) is 0.990. The number of terminal acetylenes is 1. The smallest absolute Gasteiger partial charge is 0.245 e. The van der Waals surface area contributed by atoms with Crippen molar-refractivity contribution in [3.63, 3.8) is 0 Å². The largest absolute Gasteiger partial charge is 0.291 e. The molecule has 0 aliphatic rings. The van der Waals surface area contributed by atoms with Crippen molar-refractivity contribution < 1.29 is 16.8 Å². The summed E-state index contributed by atoms with van der Waals surface area (Å²) in [4.78, 5) is 1.86. The van der Waals surface area contributed by atoms with Crippen LogP contribution < -0.4 is 3.71 Å². The van der Waals surface area contributed by atoms with Gasteiger partial charge in [0, 0.05) is 6.54 Å². The summed E-state index contributed by atoms with van der Waals surface area (Å²) in [5.74, 6) is 2.51. The van der Waals surface area contributed by atoms with Gasteiger partial charge in [-0.1, -0.05) is 24.6 Å². The summed E-state index contributed by atoms with van der Waals surface area (Å²) in [5, 5.41) is 0. The van der Waals surface area contributed by atoms with Gasteiger partial charge in [0.05, 0.1) is 24.7 Å². The van der Waals surface area contributed by atoms with Crippen molar-refractivity contribution >= 4 is 31.3 Å². The average molecular weight is 356 g/mol. The van der Waals surface area contributed by atoms with Crippen LogP contribution in [0.5, 0.6) is 0 Å². The Bertz CT molecular complexity index is 804. The molecule has 0 heterocycles. The zero-order valence-corrected chi connectivity index (χ0v) is 15.0. The molecule has 126 valence electrons. The van der Waals surface area contributed by atoms with E-state index >= 15 is 0 Å². The molecule has 0 amide bonds. The molecule has 0 aromatic heterocycles. The Labute approximate surface area is 138 Å². The number of sulfonamides is 2. The molecule has 0 spiro atoms. The van der Waals surface area contributed by atoms with Gasteiger partial charge in [-0.15, -0.1) is 6.42 Å². The molecule has 0 saturated carbocycles. The molecule has 0 N–H and O–H groups in total. The van der Waals surface area contributed by atoms with Gasteiger partial charge < -0.3 is 0 Å². The number of nitrogens with zero attached hydrogens (tertiary/aromatic N) is 2. The highest BCUT2D eigenvalue weighted by Crippen LogP contribution is 2.25. The van der Waals surface area contributed by atoms with Gasteiger partial charge >= 0.3 is 0 Å². The van der Waals surface area contributed by atoms with Crippen LogP contribution in [0.3, 0.4) is 0 Å². The summed E-state index contributed by atoms with van der Waals surface area (Å²) >= 11 is 0. The summed E-state index contributed by atoms with van der Waals surface area (Å²) in [5.41, 5.74) is 1.39. The molecule has 1 aromatic carbocycles. The lowest BCUT2D eigenvalue weighted by molar-refractivity contribution is 0.425. The topological polar surface area (TPSA) is 74.8 Å². The normalized spacial score (nSPS) is 12.0. The number of hydrogen-bond acceptors (Lipinski definition) is 5. The lowest BCUT2D eigenvalue weighted by Crippen LogP contribution is -2.35. The monoisotopic (exact) mass is 356 g/mol. The minimum absolute atomic E-state index is 0.0493. The molecular weight excluding hydrogens is 336 g/mol. The Morgan fingerprint density at radius 3 is 2.26 bits per heavy atom. The molecule has 0 aliphatic heterocycles. The lowest BCUT2D eigenvalue weighted by atomic mass is 10.1. The van der Waals surface area contributed by atoms with Crippen molar-refractivity contribution in [1.82, 2.24) is 4.90 Å². The first-order valence-electron chi connectivity index (χ1n) is 6.57. The number of anilines is 1. The van der Waals surface area contributed by atoms with Crippen molar-refractivity contribution in [2.45, 2.75) is 0 Å². The van der Waals surface area contributed by atoms with Crippen LogP contribution in [0.1, 0.15) is 5.56 Å². The van der Waals surface area contributed by atoms with Crippen LogP contribution in [-0.4, -0.2) is 54.4 Å². The zero-order valence-electron chi connectivity index (χ0n) is 13.4. The second-order valence-electron chi connectivity index (χ2n) is 5.25. The van der Waals surface area contributed by atoms with Gasteiger partial charge in [0.15, 0.2) is 0 Å². The van der Waals surface area contributed by atoms with Crippen LogP contribution in [-0.2, 0) is 20.0 Å². The molecule has 0 atom stereocenters. The fourth-order valence-electron chi connectivity index (χ4n) is 2.10. The van der Waals surface area contributed by atoms with Crippen molar-refractivity contribution in [3.8, 4) is 12.3 Å². The van der Waals surface area contributed by atoms with Crippen LogP contribution >= 0.6 is 0 Å². The molecule has 0 bridgehead atoms. The molecular formula is C15H20N2O4S2. The van der Waals surface area contributed by atoms with Crippen LogP contribution in [0, 0.1) is 12.3 Å². The van der Waals surface area contributed by atoms with E-state index < -0.39 is 20.0 Å². The molecule has 23 heavy (non-hydrogen) atoms. The maximum absolute atomic E-state index is 11.8. The molecule has 0 radical (unpaired) electrons. The molecule has 0 fully saturated rings. The Hall–Kier alpha value is -1.82. The first kappa shape index (κ1) is 19.2. The van der Waals surface area contributed by atoms with E-state index in [1.807, 2.05) is 11.9 Å². The molecule has 0 aliphatic carbocycles. The quantitative estimate of drug-likeness (QED) is 0.681. The number of likely N-dealkylation sites (N-methyl/N-ethyl adjacent to an activating group) is 1. The molecule has 6 nitrogen and oxygen atoms in total. The van der Waals surface area contributed by atoms with E-state index in [2.05, 4.69) is 12.5 Å². The second kappa shape index (κ2) is 7.17. The van der Waals surface area contributed by atoms with Crippen LogP contribution in [0.25, 0.3) is 5.57 Å². The number of hydrogen-bond donors (Lipinski definition) is 0. The highest BCUT2D eigenvalue weighted by molar-refractivity contribution is 8.09. The van der Waals surface area contributed by atoms with E-state index in [0.29, 0.717) is 27.9 Å². The summed E-state index contributed by atoms with van der Waals surface area (Å²) in [7, 11) is -6.11. The fourth-order valence-corrected chi connectivity index (χ4v) is 5.06. The van der Waals surface area contributed by atoms with Gasteiger partial charge in [-0.05, 0) is 30.3 Å². The van der Waals surface area contributed by atoms with Gasteiger partial charge in [-0.3, -0.25) is 4.90 Å². The number of benzene rings is 1. The average Bonchev–Trinajstić information content (AvgIpc) is 2.35. The van der Waals surface area contributed by atoms with Crippen LogP contribution in [0.4, 0.5) is 5.69 Å². The van der Waals surface area contributed by atoms with Crippen molar-refractivity contribution in [2.24, 2.45) is 0 Å². The highest BCUT2D eigenvalue weighted by Gasteiger charge is 2.27. The first-order valence-corrected chi connectivity index (χ1v) is 10.3. The van der Waals surface area contributed by atoms with Crippen molar-refractivity contribution in [1.29, 1.82) is 0 Å². The van der Waals surface area contributed by atoms with Crippen LogP contribution in [0.2, 0.25) is 0 Å². The SMILES string of the molecule is C#CCN(C)CC(=C)c1cccc(N(S(C)(=O)=O)S(C)(=O)=O)c1. The maximum Gasteiger partial charge on any atom is 0.245 e. The minimum Gasteiger partial charge on any atom is -0.291 e. The van der Waals surface area contributed by atoms with Crippen molar-refractivity contribution in [2.75, 3.05) is 36.4 Å². The number of rotatable bonds is 7. The molecule has 1 aromatic rings. The molecule has 8 heteroatoms. The van der Waals surface area contributed by atoms with E-state index in [0.717, 1.165) is 12.5 Å². The van der Waals surface area contributed by atoms with E-state index in [1.54, 1.807) is 12.1 Å². The summed E-state index contributed by atoms with van der Waals surface area (Å²) < 4.78 is 47.7. The lowest BCUT2D eigenvalue weighted by Gasteiger charge is -2.21. The first-order chi connectivity index (χ1) is 10.5. The Morgan fingerprint density at radius 2 is 1.78 bits per heavy atom. The Balaban J connectivity index is 3.23. The third kappa shape index (κ3) is 5.39. The highest BCUT2D eigenvalue weighted by atomic mass is 32.3. The van der Waals surface area contributed by atoms with Gasteiger partial charge in [-0.25, -0.2) is 16.8 Å². The van der Waals surface area contributed by atoms with E-state index in [9.17, 15) is 16.8 Å². The summed E-state index contributed by atoms with van der Waals surface area (Å²) in [6, 6.07) is 6.22. The minimum atomic E-state index is -3.97. The third-order valence-corrected chi connectivity index (χ3v) is 6.14.